The molecule has 0 amide bonds. The number of imidazole rings is 1. The standard InChI is InChI=1S/C17H17N3O2/c1-22-13-5-4-12-8-14(17(21)19-15(12)9-13)16-18-6-7-20(16)10-11-2-3-11/h4-9,11H,2-3,10H2,1H3,(H,19,21). The number of nitrogens with one attached hydrogen (secondary N) is 1. The van der Waals surface area contributed by atoms with Crippen LogP contribution in [0.2, 0.25) is 0 Å². The van der Waals surface area contributed by atoms with Gasteiger partial charge in [-0.1, -0.05) is 0 Å². The molecule has 1 saturated carbocycles. The molecule has 5 nitrogen and oxygen atoms in total. The molecule has 5 heteroatoms. The minimum absolute atomic E-state index is 0.121. The Morgan fingerprint density at radius 2 is 2.23 bits per heavy atom. The summed E-state index contributed by atoms with van der Waals surface area (Å²) < 4.78 is 7.28. The summed E-state index contributed by atoms with van der Waals surface area (Å²) in [7, 11) is 1.61. The molecule has 1 aliphatic rings. The van der Waals surface area contributed by atoms with Crippen LogP contribution in [0.5, 0.6) is 5.75 Å². The van der Waals surface area contributed by atoms with Crippen LogP contribution in [-0.4, -0.2) is 21.6 Å². The average molecular weight is 295 g/mol. The molecule has 1 N–H and O–H groups in total. The molecule has 1 aliphatic carbocycles. The third kappa shape index (κ3) is 2.28. The number of fused-ring (bicyclic) bond motifs is 1. The number of nitrogens with zero attached hydrogens (tertiary/aromatic N) is 2. The van der Waals surface area contributed by atoms with E-state index in [4.69, 9.17) is 4.74 Å². The smallest absolute Gasteiger partial charge is 0.259 e. The van der Waals surface area contributed by atoms with Gasteiger partial charge in [0.1, 0.15) is 11.6 Å². The van der Waals surface area contributed by atoms with E-state index in [-0.39, 0.29) is 5.56 Å². The first-order valence-electron chi connectivity index (χ1n) is 7.47. The molecule has 2 aromatic heterocycles. The summed E-state index contributed by atoms with van der Waals surface area (Å²) in [6.07, 6.45) is 6.25. The topological polar surface area (TPSA) is 59.9 Å². The van der Waals surface area contributed by atoms with Crippen LogP contribution in [-0.2, 0) is 6.54 Å². The second-order valence-corrected chi connectivity index (χ2v) is 5.81. The quantitative estimate of drug-likeness (QED) is 0.805. The van der Waals surface area contributed by atoms with Gasteiger partial charge in [0.2, 0.25) is 0 Å². The molecule has 0 unspecified atom stereocenters. The third-order valence-electron chi connectivity index (χ3n) is 4.16. The maximum Gasteiger partial charge on any atom is 0.259 e. The summed E-state index contributed by atoms with van der Waals surface area (Å²) in [6.45, 7) is 0.940. The molecule has 22 heavy (non-hydrogen) atoms. The van der Waals surface area contributed by atoms with Crippen molar-refractivity contribution in [1.82, 2.24) is 14.5 Å². The maximum atomic E-state index is 12.4. The molecule has 1 fully saturated rings. The highest BCUT2D eigenvalue weighted by Crippen LogP contribution is 2.32. The van der Waals surface area contributed by atoms with E-state index in [0.717, 1.165) is 34.9 Å². The highest BCUT2D eigenvalue weighted by atomic mass is 16.5. The van der Waals surface area contributed by atoms with Gasteiger partial charge in [-0.3, -0.25) is 4.79 Å². The number of pyridine rings is 1. The Kier molecular flexibility index (Phi) is 2.99. The molecular weight excluding hydrogens is 278 g/mol. The van der Waals surface area contributed by atoms with Crippen LogP contribution in [0.1, 0.15) is 12.8 Å². The van der Waals surface area contributed by atoms with Crippen molar-refractivity contribution in [2.45, 2.75) is 19.4 Å². The van der Waals surface area contributed by atoms with Gasteiger partial charge in [0.25, 0.3) is 5.56 Å². The van der Waals surface area contributed by atoms with Crippen LogP contribution in [0, 0.1) is 5.92 Å². The van der Waals surface area contributed by atoms with Crippen molar-refractivity contribution < 1.29 is 4.74 Å². The predicted molar refractivity (Wildman–Crippen MR) is 85.1 cm³/mol. The molecule has 1 aromatic carbocycles. The lowest BCUT2D eigenvalue weighted by molar-refractivity contribution is 0.415. The number of aromatic amines is 1. The second kappa shape index (κ2) is 5.02. The van der Waals surface area contributed by atoms with Gasteiger partial charge in [-0.2, -0.15) is 0 Å². The summed E-state index contributed by atoms with van der Waals surface area (Å²) in [5.74, 6) is 2.20. The van der Waals surface area contributed by atoms with Crippen molar-refractivity contribution in [3.8, 4) is 17.1 Å². The van der Waals surface area contributed by atoms with E-state index in [9.17, 15) is 4.79 Å². The third-order valence-corrected chi connectivity index (χ3v) is 4.16. The largest absolute Gasteiger partial charge is 0.497 e. The summed E-state index contributed by atoms with van der Waals surface area (Å²) in [5.41, 5.74) is 1.26. The Morgan fingerprint density at radius 1 is 1.36 bits per heavy atom. The molecule has 3 aromatic rings. The number of hydrogen-bond acceptors (Lipinski definition) is 3. The van der Waals surface area contributed by atoms with Crippen molar-refractivity contribution in [1.29, 1.82) is 0 Å². The monoisotopic (exact) mass is 295 g/mol. The van der Waals surface area contributed by atoms with Crippen molar-refractivity contribution in [3.05, 3.63) is 47.0 Å². The molecule has 0 bridgehead atoms. The highest BCUT2D eigenvalue weighted by Gasteiger charge is 2.23. The molecule has 4 rings (SSSR count). The van der Waals surface area contributed by atoms with Crippen LogP contribution in [0.4, 0.5) is 0 Å². The van der Waals surface area contributed by atoms with E-state index < -0.39 is 0 Å². The normalized spacial score (nSPS) is 14.4. The minimum Gasteiger partial charge on any atom is -0.497 e. The predicted octanol–water partition coefficient (Wildman–Crippen LogP) is 2.81. The highest BCUT2D eigenvalue weighted by molar-refractivity contribution is 5.83. The van der Waals surface area contributed by atoms with Crippen molar-refractivity contribution in [2.75, 3.05) is 7.11 Å². The number of ether oxygens (including phenoxy) is 1. The van der Waals surface area contributed by atoms with Crippen LogP contribution < -0.4 is 10.3 Å². The van der Waals surface area contributed by atoms with E-state index in [0.29, 0.717) is 5.56 Å². The Morgan fingerprint density at radius 3 is 3.00 bits per heavy atom. The van der Waals surface area contributed by atoms with Gasteiger partial charge in [0.15, 0.2) is 0 Å². The number of rotatable bonds is 4. The fourth-order valence-electron chi connectivity index (χ4n) is 2.75. The van der Waals surface area contributed by atoms with Crippen LogP contribution in [0.15, 0.2) is 41.5 Å². The number of aromatic nitrogens is 3. The van der Waals surface area contributed by atoms with Crippen molar-refractivity contribution >= 4 is 10.9 Å². The SMILES string of the molecule is COc1ccc2cc(-c3nccn3CC3CC3)c(=O)[nH]c2c1. The Bertz CT molecular complexity index is 890. The van der Waals surface area contributed by atoms with E-state index in [1.54, 1.807) is 13.3 Å². The summed E-state index contributed by atoms with van der Waals surface area (Å²) in [4.78, 5) is 19.8. The van der Waals surface area contributed by atoms with Gasteiger partial charge < -0.3 is 14.3 Å². The Balaban J connectivity index is 1.83. The number of H-pyrrole nitrogens is 1. The summed E-state index contributed by atoms with van der Waals surface area (Å²) >= 11 is 0. The Labute approximate surface area is 127 Å². The fourth-order valence-corrected chi connectivity index (χ4v) is 2.75. The van der Waals surface area contributed by atoms with E-state index in [1.807, 2.05) is 30.5 Å². The zero-order chi connectivity index (χ0) is 15.1. The first-order valence-corrected chi connectivity index (χ1v) is 7.47. The molecule has 0 saturated heterocycles. The van der Waals surface area contributed by atoms with Gasteiger partial charge in [-0.15, -0.1) is 0 Å². The van der Waals surface area contributed by atoms with Crippen LogP contribution >= 0.6 is 0 Å². The molecule has 0 radical (unpaired) electrons. The lowest BCUT2D eigenvalue weighted by Gasteiger charge is -2.08. The van der Waals surface area contributed by atoms with Crippen LogP contribution in [0.25, 0.3) is 22.3 Å². The lowest BCUT2D eigenvalue weighted by atomic mass is 10.1. The molecule has 0 aliphatic heterocycles. The van der Waals surface area contributed by atoms with Gasteiger partial charge in [0.05, 0.1) is 18.2 Å². The fraction of sp³-hybridized carbons (Fsp3) is 0.294. The van der Waals surface area contributed by atoms with E-state index in [1.165, 1.54) is 12.8 Å². The van der Waals surface area contributed by atoms with Crippen molar-refractivity contribution in [2.24, 2.45) is 5.92 Å². The number of methoxy groups -OCH3 is 1. The molecule has 2 heterocycles. The first kappa shape index (κ1) is 13.1. The van der Waals surface area contributed by atoms with Crippen LogP contribution in [0.3, 0.4) is 0 Å². The number of benzene rings is 1. The lowest BCUT2D eigenvalue weighted by Crippen LogP contribution is -2.12. The molecule has 0 spiro atoms. The second-order valence-electron chi connectivity index (χ2n) is 5.81. The summed E-state index contributed by atoms with van der Waals surface area (Å²) in [6, 6.07) is 7.57. The average Bonchev–Trinajstić information content (AvgIpc) is 3.22. The number of hydrogen-bond donors (Lipinski definition) is 1. The zero-order valence-corrected chi connectivity index (χ0v) is 12.4. The maximum absolute atomic E-state index is 12.4. The molecular formula is C17H17N3O2. The zero-order valence-electron chi connectivity index (χ0n) is 12.4. The van der Waals surface area contributed by atoms with Gasteiger partial charge in [-0.05, 0) is 42.3 Å². The minimum atomic E-state index is -0.121. The van der Waals surface area contributed by atoms with Crippen molar-refractivity contribution in [3.63, 3.8) is 0 Å². The van der Waals surface area contributed by atoms with Gasteiger partial charge in [-0.25, -0.2) is 4.98 Å². The van der Waals surface area contributed by atoms with E-state index in [2.05, 4.69) is 14.5 Å². The first-order chi connectivity index (χ1) is 10.7. The molecule has 0 atom stereocenters. The van der Waals surface area contributed by atoms with Gasteiger partial charge >= 0.3 is 0 Å². The Hall–Kier alpha value is -2.56. The summed E-state index contributed by atoms with van der Waals surface area (Å²) in [5, 5.41) is 0.969. The molecule has 112 valence electrons. The van der Waals surface area contributed by atoms with Gasteiger partial charge in [0, 0.05) is 25.0 Å². The van der Waals surface area contributed by atoms with E-state index >= 15 is 0 Å².